The number of hydrogen-bond acceptors (Lipinski definition) is 4. The lowest BCUT2D eigenvalue weighted by Crippen LogP contribution is -2.32. The summed E-state index contributed by atoms with van der Waals surface area (Å²) in [6, 6.07) is 2.81. The van der Waals surface area contributed by atoms with Crippen LogP contribution in [0.5, 0.6) is 0 Å². The van der Waals surface area contributed by atoms with Gasteiger partial charge in [-0.1, -0.05) is 0 Å². The molecular weight excluding hydrogens is 279 g/mol. The van der Waals surface area contributed by atoms with Crippen LogP contribution < -0.4 is 5.32 Å². The molecule has 0 radical (unpaired) electrons. The smallest absolute Gasteiger partial charge is 0.273 e. The van der Waals surface area contributed by atoms with Crippen molar-refractivity contribution in [3.63, 3.8) is 0 Å². The zero-order valence-corrected chi connectivity index (χ0v) is 11.4. The molecule has 21 heavy (non-hydrogen) atoms. The van der Waals surface area contributed by atoms with Gasteiger partial charge in [-0.3, -0.25) is 14.9 Å². The van der Waals surface area contributed by atoms with Crippen molar-refractivity contribution in [2.75, 3.05) is 6.54 Å². The van der Waals surface area contributed by atoms with Crippen molar-refractivity contribution < 1.29 is 19.2 Å². The van der Waals surface area contributed by atoms with E-state index in [0.717, 1.165) is 31.0 Å². The number of non-ortho nitro benzene ring substituents is 1. The molecule has 0 aliphatic heterocycles. The lowest BCUT2D eigenvalue weighted by atomic mass is 9.87. The van der Waals surface area contributed by atoms with Crippen LogP contribution in [0.1, 0.15) is 36.0 Å². The van der Waals surface area contributed by atoms with Gasteiger partial charge in [-0.15, -0.1) is 0 Å². The van der Waals surface area contributed by atoms with Gasteiger partial charge < -0.3 is 10.4 Å². The molecule has 2 N–H and O–H groups in total. The van der Waals surface area contributed by atoms with Gasteiger partial charge in [0.05, 0.1) is 17.1 Å². The third-order valence-corrected chi connectivity index (χ3v) is 3.72. The van der Waals surface area contributed by atoms with Gasteiger partial charge in [0.15, 0.2) is 0 Å². The first-order valence-corrected chi connectivity index (χ1v) is 6.87. The number of nitrogens with zero attached hydrogens (tertiary/aromatic N) is 1. The summed E-state index contributed by atoms with van der Waals surface area (Å²) in [5.74, 6) is -1.06. The number of carbonyl (C=O) groups excluding carboxylic acids is 1. The fourth-order valence-corrected chi connectivity index (χ4v) is 2.50. The van der Waals surface area contributed by atoms with E-state index >= 15 is 0 Å². The number of amides is 1. The fraction of sp³-hybridized carbons (Fsp3) is 0.500. The van der Waals surface area contributed by atoms with E-state index in [-0.39, 0.29) is 17.6 Å². The van der Waals surface area contributed by atoms with Crippen molar-refractivity contribution in [3.8, 4) is 0 Å². The van der Waals surface area contributed by atoms with Crippen LogP contribution in [0.4, 0.5) is 10.1 Å². The molecule has 2 rings (SSSR count). The number of nitrogens with one attached hydrogen (secondary N) is 1. The highest BCUT2D eigenvalue weighted by Gasteiger charge is 2.20. The molecule has 7 heteroatoms. The third kappa shape index (κ3) is 4.22. The Balaban J connectivity index is 1.95. The van der Waals surface area contributed by atoms with E-state index in [2.05, 4.69) is 5.32 Å². The third-order valence-electron chi connectivity index (χ3n) is 3.72. The van der Waals surface area contributed by atoms with Crippen molar-refractivity contribution in [1.29, 1.82) is 0 Å². The van der Waals surface area contributed by atoms with Crippen LogP contribution in [0.25, 0.3) is 0 Å². The summed E-state index contributed by atoms with van der Waals surface area (Å²) in [4.78, 5) is 21.8. The van der Waals surface area contributed by atoms with Crippen LogP contribution in [-0.2, 0) is 0 Å². The molecule has 0 bridgehead atoms. The highest BCUT2D eigenvalue weighted by atomic mass is 19.1. The molecule has 0 atom stereocenters. The van der Waals surface area contributed by atoms with Gasteiger partial charge in [0, 0.05) is 18.2 Å². The Labute approximate surface area is 121 Å². The second kappa shape index (κ2) is 6.62. The Morgan fingerprint density at radius 2 is 2.00 bits per heavy atom. The van der Waals surface area contributed by atoms with Crippen molar-refractivity contribution >= 4 is 11.6 Å². The second-order valence-electron chi connectivity index (χ2n) is 5.34. The van der Waals surface area contributed by atoms with Crippen LogP contribution in [0.2, 0.25) is 0 Å². The molecule has 1 amide bonds. The standard InChI is InChI=1S/C14H17FN2O4/c15-11-5-10(6-12(7-11)17(20)21)14(19)16-8-9-1-3-13(18)4-2-9/h5-7,9,13,18H,1-4,8H2,(H,16,19). The average molecular weight is 296 g/mol. The predicted molar refractivity (Wildman–Crippen MR) is 73.4 cm³/mol. The van der Waals surface area contributed by atoms with Gasteiger partial charge in [-0.05, 0) is 37.7 Å². The number of hydrogen-bond donors (Lipinski definition) is 2. The van der Waals surface area contributed by atoms with Crippen molar-refractivity contribution in [2.24, 2.45) is 5.92 Å². The number of aliphatic hydroxyl groups excluding tert-OH is 1. The normalized spacial score (nSPS) is 21.8. The van der Waals surface area contributed by atoms with Crippen LogP contribution in [0.15, 0.2) is 18.2 Å². The molecule has 114 valence electrons. The van der Waals surface area contributed by atoms with Gasteiger partial charge in [0.1, 0.15) is 5.82 Å². The van der Waals surface area contributed by atoms with Crippen LogP contribution >= 0.6 is 0 Å². The van der Waals surface area contributed by atoms with E-state index < -0.39 is 22.3 Å². The molecule has 1 aromatic rings. The molecule has 1 saturated carbocycles. The summed E-state index contributed by atoms with van der Waals surface area (Å²) in [6.45, 7) is 0.426. The van der Waals surface area contributed by atoms with E-state index in [9.17, 15) is 24.4 Å². The molecule has 1 fully saturated rings. The Morgan fingerprint density at radius 3 is 2.62 bits per heavy atom. The fourth-order valence-electron chi connectivity index (χ4n) is 2.50. The van der Waals surface area contributed by atoms with Gasteiger partial charge >= 0.3 is 0 Å². The minimum Gasteiger partial charge on any atom is -0.393 e. The first kappa shape index (κ1) is 15.4. The minimum absolute atomic E-state index is 0.0578. The topological polar surface area (TPSA) is 92.5 Å². The predicted octanol–water partition coefficient (Wildman–Crippen LogP) is 2.01. The van der Waals surface area contributed by atoms with Crippen molar-refractivity contribution in [1.82, 2.24) is 5.32 Å². The van der Waals surface area contributed by atoms with E-state index in [1.54, 1.807) is 0 Å². The summed E-state index contributed by atoms with van der Waals surface area (Å²) < 4.78 is 13.3. The number of nitro groups is 1. The average Bonchev–Trinajstić information content (AvgIpc) is 2.45. The second-order valence-corrected chi connectivity index (χ2v) is 5.34. The molecule has 0 saturated heterocycles. The summed E-state index contributed by atoms with van der Waals surface area (Å²) in [5.41, 5.74) is -0.501. The molecule has 1 aliphatic rings. The van der Waals surface area contributed by atoms with Gasteiger partial charge in [-0.25, -0.2) is 4.39 Å². The van der Waals surface area contributed by atoms with Gasteiger partial charge in [0.2, 0.25) is 0 Å². The summed E-state index contributed by atoms with van der Waals surface area (Å²) in [5, 5.41) is 22.7. The summed E-state index contributed by atoms with van der Waals surface area (Å²) in [7, 11) is 0. The molecular formula is C14H17FN2O4. The Kier molecular flexibility index (Phi) is 4.85. The quantitative estimate of drug-likeness (QED) is 0.656. The molecule has 0 spiro atoms. The first-order valence-electron chi connectivity index (χ1n) is 6.87. The van der Waals surface area contributed by atoms with Crippen LogP contribution in [-0.4, -0.2) is 28.6 Å². The van der Waals surface area contributed by atoms with Crippen molar-refractivity contribution in [2.45, 2.75) is 31.8 Å². The maximum Gasteiger partial charge on any atom is 0.273 e. The zero-order valence-electron chi connectivity index (χ0n) is 11.4. The molecule has 1 aromatic carbocycles. The van der Waals surface area contributed by atoms with E-state index in [0.29, 0.717) is 19.4 Å². The summed E-state index contributed by atoms with van der Waals surface area (Å²) in [6.07, 6.45) is 2.82. The number of carbonyl (C=O) groups is 1. The molecule has 0 unspecified atom stereocenters. The lowest BCUT2D eigenvalue weighted by Gasteiger charge is -2.25. The minimum atomic E-state index is -0.810. The maximum atomic E-state index is 13.3. The summed E-state index contributed by atoms with van der Waals surface area (Å²) >= 11 is 0. The number of aliphatic hydroxyl groups is 1. The van der Waals surface area contributed by atoms with E-state index in [4.69, 9.17) is 0 Å². The van der Waals surface area contributed by atoms with Crippen LogP contribution in [0, 0.1) is 21.8 Å². The largest absolute Gasteiger partial charge is 0.393 e. The Hall–Kier alpha value is -2.02. The Morgan fingerprint density at radius 1 is 1.33 bits per heavy atom. The number of nitro benzene ring substituents is 1. The lowest BCUT2D eigenvalue weighted by molar-refractivity contribution is -0.385. The molecule has 0 aromatic heterocycles. The monoisotopic (exact) mass is 296 g/mol. The Bertz CT molecular complexity index is 542. The highest BCUT2D eigenvalue weighted by molar-refractivity contribution is 5.94. The molecule has 0 heterocycles. The molecule has 1 aliphatic carbocycles. The van der Waals surface area contributed by atoms with Gasteiger partial charge in [0.25, 0.3) is 11.6 Å². The molecule has 6 nitrogen and oxygen atoms in total. The van der Waals surface area contributed by atoms with Gasteiger partial charge in [-0.2, -0.15) is 0 Å². The number of halogens is 1. The number of benzene rings is 1. The first-order chi connectivity index (χ1) is 9.95. The zero-order chi connectivity index (χ0) is 15.4. The van der Waals surface area contributed by atoms with E-state index in [1.165, 1.54) is 0 Å². The highest BCUT2D eigenvalue weighted by Crippen LogP contribution is 2.23. The van der Waals surface area contributed by atoms with Crippen molar-refractivity contribution in [3.05, 3.63) is 39.7 Å². The number of rotatable bonds is 4. The van der Waals surface area contributed by atoms with E-state index in [1.807, 2.05) is 0 Å². The SMILES string of the molecule is O=C(NCC1CCC(O)CC1)c1cc(F)cc([N+](=O)[O-])c1. The van der Waals surface area contributed by atoms with Crippen LogP contribution in [0.3, 0.4) is 0 Å². The maximum absolute atomic E-state index is 13.3.